The minimum absolute atomic E-state index is 0.405. The lowest BCUT2D eigenvalue weighted by atomic mass is 10.2. The van der Waals surface area contributed by atoms with Crippen LogP contribution in [0.2, 0.25) is 0 Å². The van der Waals surface area contributed by atoms with Crippen LogP contribution in [0.15, 0.2) is 23.5 Å². The summed E-state index contributed by atoms with van der Waals surface area (Å²) in [4.78, 5) is 12.0. The van der Waals surface area contributed by atoms with Gasteiger partial charge in [-0.3, -0.25) is 0 Å². The molecule has 6 heteroatoms. The van der Waals surface area contributed by atoms with Gasteiger partial charge in [-0.1, -0.05) is 0 Å². The van der Waals surface area contributed by atoms with Crippen LogP contribution in [0.5, 0.6) is 0 Å². The molecule has 0 spiro atoms. The van der Waals surface area contributed by atoms with Gasteiger partial charge in [0.25, 0.3) is 0 Å². The SMILES string of the molecule is C=[N+]([O-])c1cnc(N=CN(C)C)cc1/C=C/N(C)C. The molecule has 0 fully saturated rings. The van der Waals surface area contributed by atoms with Crippen molar-refractivity contribution in [1.29, 1.82) is 0 Å². The van der Waals surface area contributed by atoms with Crippen LogP contribution in [0.1, 0.15) is 5.56 Å². The first-order chi connectivity index (χ1) is 8.90. The van der Waals surface area contributed by atoms with E-state index < -0.39 is 0 Å². The molecule has 1 aromatic rings. The van der Waals surface area contributed by atoms with E-state index in [4.69, 9.17) is 0 Å². The van der Waals surface area contributed by atoms with Crippen LogP contribution in [0, 0.1) is 5.21 Å². The maximum atomic E-state index is 11.4. The second-order valence-corrected chi connectivity index (χ2v) is 4.47. The summed E-state index contributed by atoms with van der Waals surface area (Å²) in [5.74, 6) is 0.540. The molecule has 0 saturated heterocycles. The fourth-order valence-electron chi connectivity index (χ4n) is 1.27. The molecule has 1 aromatic heterocycles. The van der Waals surface area contributed by atoms with Gasteiger partial charge < -0.3 is 15.0 Å². The lowest BCUT2D eigenvalue weighted by Crippen LogP contribution is -2.07. The Hall–Kier alpha value is -2.37. The maximum Gasteiger partial charge on any atom is 0.241 e. The molecule has 0 aliphatic heterocycles. The van der Waals surface area contributed by atoms with Crippen LogP contribution in [-0.4, -0.2) is 60.8 Å². The van der Waals surface area contributed by atoms with Crippen molar-refractivity contribution in [3.8, 4) is 0 Å². The summed E-state index contributed by atoms with van der Waals surface area (Å²) in [6.07, 6.45) is 6.79. The molecular weight excluding hydrogens is 242 g/mol. The van der Waals surface area contributed by atoms with E-state index in [0.29, 0.717) is 16.2 Å². The molecule has 0 aliphatic carbocycles. The minimum Gasteiger partial charge on any atom is -0.619 e. The highest BCUT2D eigenvalue weighted by molar-refractivity contribution is 5.66. The van der Waals surface area contributed by atoms with Gasteiger partial charge in [-0.25, -0.2) is 9.98 Å². The average Bonchev–Trinajstić information content (AvgIpc) is 2.33. The molecule has 102 valence electrons. The van der Waals surface area contributed by atoms with E-state index in [0.717, 1.165) is 5.56 Å². The molecule has 0 radical (unpaired) electrons. The molecule has 0 bridgehead atoms. The summed E-state index contributed by atoms with van der Waals surface area (Å²) >= 11 is 0. The summed E-state index contributed by atoms with van der Waals surface area (Å²) in [5, 5.41) is 11.4. The summed E-state index contributed by atoms with van der Waals surface area (Å²) < 4.78 is 0.543. The van der Waals surface area contributed by atoms with Gasteiger partial charge >= 0.3 is 0 Å². The van der Waals surface area contributed by atoms with Crippen molar-refractivity contribution in [2.75, 3.05) is 28.2 Å². The second kappa shape index (κ2) is 6.53. The van der Waals surface area contributed by atoms with Crippen molar-refractivity contribution >= 4 is 30.6 Å². The highest BCUT2D eigenvalue weighted by Gasteiger charge is 2.08. The molecule has 0 aliphatic rings. The molecule has 1 rings (SSSR count). The molecule has 1 heterocycles. The Morgan fingerprint density at radius 1 is 1.32 bits per heavy atom. The Bertz CT molecular complexity index is 506. The molecule has 0 saturated carbocycles. The van der Waals surface area contributed by atoms with E-state index in [-0.39, 0.29) is 0 Å². The van der Waals surface area contributed by atoms with Crippen LogP contribution in [-0.2, 0) is 0 Å². The van der Waals surface area contributed by atoms with Gasteiger partial charge in [-0.15, -0.1) is 0 Å². The Morgan fingerprint density at radius 3 is 2.53 bits per heavy atom. The Kier molecular flexibility index (Phi) is 5.05. The fraction of sp³-hybridized carbons (Fsp3) is 0.308. The quantitative estimate of drug-likeness (QED) is 0.266. The van der Waals surface area contributed by atoms with Crippen molar-refractivity contribution < 1.29 is 4.74 Å². The molecule has 0 N–H and O–H groups in total. The molecule has 0 unspecified atom stereocenters. The summed E-state index contributed by atoms with van der Waals surface area (Å²) in [6.45, 7) is 3.34. The van der Waals surface area contributed by atoms with Gasteiger partial charge in [0, 0.05) is 28.2 Å². The first-order valence-corrected chi connectivity index (χ1v) is 5.73. The molecule has 0 aromatic carbocycles. The first-order valence-electron chi connectivity index (χ1n) is 5.73. The third-order valence-electron chi connectivity index (χ3n) is 2.14. The predicted octanol–water partition coefficient (Wildman–Crippen LogP) is 1.68. The zero-order valence-electron chi connectivity index (χ0n) is 11.7. The summed E-state index contributed by atoms with van der Waals surface area (Å²) in [6, 6.07) is 1.74. The molecule has 19 heavy (non-hydrogen) atoms. The minimum atomic E-state index is 0.405. The predicted molar refractivity (Wildman–Crippen MR) is 79.2 cm³/mol. The number of aromatic nitrogens is 1. The fourth-order valence-corrected chi connectivity index (χ4v) is 1.27. The average molecular weight is 261 g/mol. The number of hydrogen-bond acceptors (Lipinski definition) is 4. The number of nitrogens with zero attached hydrogens (tertiary/aromatic N) is 5. The number of rotatable bonds is 5. The molecular formula is C13H19N5O. The van der Waals surface area contributed by atoms with Crippen molar-refractivity contribution in [2.45, 2.75) is 0 Å². The zero-order valence-corrected chi connectivity index (χ0v) is 11.7. The van der Waals surface area contributed by atoms with Gasteiger partial charge in [0.15, 0.2) is 5.82 Å². The van der Waals surface area contributed by atoms with Gasteiger partial charge in [0.05, 0.1) is 11.9 Å². The lowest BCUT2D eigenvalue weighted by molar-refractivity contribution is -0.350. The lowest BCUT2D eigenvalue weighted by Gasteiger charge is -2.07. The number of aliphatic imine (C=N–C) groups is 1. The van der Waals surface area contributed by atoms with Crippen molar-refractivity contribution in [1.82, 2.24) is 14.8 Å². The highest BCUT2D eigenvalue weighted by Crippen LogP contribution is 2.22. The smallest absolute Gasteiger partial charge is 0.241 e. The van der Waals surface area contributed by atoms with E-state index in [9.17, 15) is 5.21 Å². The van der Waals surface area contributed by atoms with E-state index in [1.807, 2.05) is 50.3 Å². The Balaban J connectivity index is 3.14. The first kappa shape index (κ1) is 14.7. The van der Waals surface area contributed by atoms with Crippen LogP contribution in [0.4, 0.5) is 11.5 Å². The monoisotopic (exact) mass is 261 g/mol. The van der Waals surface area contributed by atoms with E-state index >= 15 is 0 Å². The number of pyridine rings is 1. The third-order valence-corrected chi connectivity index (χ3v) is 2.14. The van der Waals surface area contributed by atoms with Crippen LogP contribution in [0.25, 0.3) is 6.08 Å². The highest BCUT2D eigenvalue weighted by atomic mass is 16.5. The molecule has 0 amide bonds. The normalized spacial score (nSPS) is 11.2. The van der Waals surface area contributed by atoms with Crippen LogP contribution in [0.3, 0.4) is 0 Å². The Labute approximate surface area is 113 Å². The maximum absolute atomic E-state index is 11.4. The summed E-state index contributed by atoms with van der Waals surface area (Å²) in [5.41, 5.74) is 1.13. The van der Waals surface area contributed by atoms with E-state index in [1.165, 1.54) is 6.20 Å². The van der Waals surface area contributed by atoms with Gasteiger partial charge in [0.2, 0.25) is 5.69 Å². The molecule has 0 atom stereocenters. The second-order valence-electron chi connectivity index (χ2n) is 4.47. The standard InChI is InChI=1S/C13H19N5O/c1-16(2)7-6-11-8-13(15-10-17(3)4)14-9-12(11)18(5)19/h6-10H,5H2,1-4H3/b7-6+,15-10?. The largest absolute Gasteiger partial charge is 0.619 e. The third kappa shape index (κ3) is 4.79. The van der Waals surface area contributed by atoms with Crippen molar-refractivity contribution in [3.05, 3.63) is 29.2 Å². The molecule has 6 nitrogen and oxygen atoms in total. The summed E-state index contributed by atoms with van der Waals surface area (Å²) in [7, 11) is 7.56. The number of hydrogen-bond donors (Lipinski definition) is 0. The van der Waals surface area contributed by atoms with Gasteiger partial charge in [0.1, 0.15) is 12.9 Å². The topological polar surface area (TPSA) is 57.8 Å². The van der Waals surface area contributed by atoms with E-state index in [2.05, 4.69) is 16.7 Å². The van der Waals surface area contributed by atoms with Gasteiger partial charge in [-0.05, 0) is 18.3 Å². The Morgan fingerprint density at radius 2 is 2.00 bits per heavy atom. The van der Waals surface area contributed by atoms with Crippen LogP contribution < -0.4 is 0 Å². The van der Waals surface area contributed by atoms with E-state index in [1.54, 1.807) is 12.4 Å². The zero-order chi connectivity index (χ0) is 14.4. The van der Waals surface area contributed by atoms with Crippen molar-refractivity contribution in [3.63, 3.8) is 0 Å². The van der Waals surface area contributed by atoms with Crippen molar-refractivity contribution in [2.24, 2.45) is 4.99 Å². The van der Waals surface area contributed by atoms with Crippen LogP contribution >= 0.6 is 0 Å². The van der Waals surface area contributed by atoms with Gasteiger partial charge in [-0.2, -0.15) is 4.74 Å².